The Kier molecular flexibility index (Phi) is 4.71. The number of halogens is 3. The number of nitrogens with one attached hydrogen (secondary N) is 1. The summed E-state index contributed by atoms with van der Waals surface area (Å²) >= 11 is 0. The van der Waals surface area contributed by atoms with Crippen molar-refractivity contribution in [3.05, 3.63) is 0 Å². The zero-order valence-electron chi connectivity index (χ0n) is 7.02. The second-order valence-electron chi connectivity index (χ2n) is 2.38. The Morgan fingerprint density at radius 2 is 2.15 bits per heavy atom. The summed E-state index contributed by atoms with van der Waals surface area (Å²) in [5.41, 5.74) is 6.80. The molecule has 0 saturated heterocycles. The van der Waals surface area contributed by atoms with Gasteiger partial charge in [-0.15, -0.1) is 0 Å². The average Bonchev–Trinajstić information content (AvgIpc) is 2.00. The number of hydrogen-bond donors (Lipinski definition) is 2. The SMILES string of the molecule is CC[C@H](N)C(=O)NOCC(F)(F)F. The van der Waals surface area contributed by atoms with E-state index in [2.05, 4.69) is 4.84 Å². The highest BCUT2D eigenvalue weighted by Crippen LogP contribution is 2.13. The van der Waals surface area contributed by atoms with E-state index >= 15 is 0 Å². The van der Waals surface area contributed by atoms with E-state index in [1.54, 1.807) is 12.4 Å². The van der Waals surface area contributed by atoms with Crippen LogP contribution in [0.4, 0.5) is 13.2 Å². The van der Waals surface area contributed by atoms with Gasteiger partial charge in [0.25, 0.3) is 5.91 Å². The molecule has 4 nitrogen and oxygen atoms in total. The summed E-state index contributed by atoms with van der Waals surface area (Å²) in [6.07, 6.45) is -4.12. The normalized spacial score (nSPS) is 13.9. The molecular formula is C6H11F3N2O2. The predicted molar refractivity (Wildman–Crippen MR) is 38.4 cm³/mol. The number of rotatable bonds is 4. The predicted octanol–water partition coefficient (Wildman–Crippen LogP) is 0.334. The maximum Gasteiger partial charge on any atom is 0.414 e. The molecule has 1 atom stereocenters. The lowest BCUT2D eigenvalue weighted by Crippen LogP contribution is -2.41. The van der Waals surface area contributed by atoms with Crippen molar-refractivity contribution in [2.45, 2.75) is 25.6 Å². The van der Waals surface area contributed by atoms with Crippen LogP contribution in [0, 0.1) is 0 Å². The largest absolute Gasteiger partial charge is 0.414 e. The number of hydrogen-bond acceptors (Lipinski definition) is 3. The first-order valence-corrected chi connectivity index (χ1v) is 3.60. The number of carbonyl (C=O) groups excluding carboxylic acids is 1. The lowest BCUT2D eigenvalue weighted by Gasteiger charge is -2.11. The van der Waals surface area contributed by atoms with Gasteiger partial charge in [0, 0.05) is 0 Å². The van der Waals surface area contributed by atoms with Gasteiger partial charge in [0.15, 0.2) is 6.61 Å². The molecule has 0 aliphatic carbocycles. The monoisotopic (exact) mass is 200 g/mol. The number of hydroxylamine groups is 1. The van der Waals surface area contributed by atoms with Gasteiger partial charge in [-0.3, -0.25) is 9.63 Å². The van der Waals surface area contributed by atoms with Crippen molar-refractivity contribution in [3.8, 4) is 0 Å². The van der Waals surface area contributed by atoms with E-state index in [4.69, 9.17) is 5.73 Å². The van der Waals surface area contributed by atoms with Crippen molar-refractivity contribution in [2.24, 2.45) is 5.73 Å². The van der Waals surface area contributed by atoms with Crippen LogP contribution >= 0.6 is 0 Å². The Morgan fingerprint density at radius 1 is 1.62 bits per heavy atom. The Balaban J connectivity index is 3.60. The van der Waals surface area contributed by atoms with Gasteiger partial charge in [0.1, 0.15) is 0 Å². The second kappa shape index (κ2) is 5.03. The summed E-state index contributed by atoms with van der Waals surface area (Å²) in [7, 11) is 0. The average molecular weight is 200 g/mol. The third-order valence-corrected chi connectivity index (χ3v) is 1.19. The van der Waals surface area contributed by atoms with Crippen LogP contribution in [0.3, 0.4) is 0 Å². The first-order valence-electron chi connectivity index (χ1n) is 3.60. The summed E-state index contributed by atoms with van der Waals surface area (Å²) in [4.78, 5) is 14.6. The molecule has 1 amide bonds. The summed E-state index contributed by atoms with van der Waals surface area (Å²) in [5.74, 6) is -0.758. The highest BCUT2D eigenvalue weighted by atomic mass is 19.4. The van der Waals surface area contributed by atoms with Gasteiger partial charge in [-0.25, -0.2) is 5.48 Å². The molecule has 0 bridgehead atoms. The third-order valence-electron chi connectivity index (χ3n) is 1.19. The van der Waals surface area contributed by atoms with Crippen LogP contribution < -0.4 is 11.2 Å². The Labute approximate surface area is 73.2 Å². The fourth-order valence-corrected chi connectivity index (χ4v) is 0.450. The van der Waals surface area contributed by atoms with Gasteiger partial charge in [-0.1, -0.05) is 6.92 Å². The zero-order valence-corrected chi connectivity index (χ0v) is 7.02. The molecule has 78 valence electrons. The van der Waals surface area contributed by atoms with Crippen molar-refractivity contribution in [1.29, 1.82) is 0 Å². The van der Waals surface area contributed by atoms with Crippen LogP contribution in [0.2, 0.25) is 0 Å². The second-order valence-corrected chi connectivity index (χ2v) is 2.38. The Hall–Kier alpha value is -0.820. The standard InChI is InChI=1S/C6H11F3N2O2/c1-2-4(10)5(12)11-13-3-6(7,8)9/h4H,2-3,10H2,1H3,(H,11,12)/t4-/m0/s1. The lowest BCUT2D eigenvalue weighted by molar-refractivity contribution is -0.192. The molecule has 0 aromatic carbocycles. The molecule has 13 heavy (non-hydrogen) atoms. The highest BCUT2D eigenvalue weighted by molar-refractivity contribution is 5.80. The fraction of sp³-hybridized carbons (Fsp3) is 0.833. The molecule has 0 rings (SSSR count). The molecule has 0 aromatic heterocycles. The smallest absolute Gasteiger partial charge is 0.320 e. The number of alkyl halides is 3. The minimum Gasteiger partial charge on any atom is -0.320 e. The Morgan fingerprint density at radius 3 is 2.54 bits per heavy atom. The minimum absolute atomic E-state index is 0.335. The van der Waals surface area contributed by atoms with E-state index in [9.17, 15) is 18.0 Å². The van der Waals surface area contributed by atoms with E-state index in [0.29, 0.717) is 6.42 Å². The molecular weight excluding hydrogens is 189 g/mol. The van der Waals surface area contributed by atoms with Gasteiger partial charge in [0.05, 0.1) is 6.04 Å². The summed E-state index contributed by atoms with van der Waals surface area (Å²) < 4.78 is 34.4. The molecule has 0 fully saturated rings. The molecule has 0 aliphatic rings. The van der Waals surface area contributed by atoms with Crippen molar-refractivity contribution < 1.29 is 22.8 Å². The fourth-order valence-electron chi connectivity index (χ4n) is 0.450. The summed E-state index contributed by atoms with van der Waals surface area (Å²) in [6, 6.07) is -0.840. The van der Waals surface area contributed by atoms with Crippen LogP contribution in [-0.4, -0.2) is 24.7 Å². The van der Waals surface area contributed by atoms with E-state index < -0.39 is 24.7 Å². The van der Waals surface area contributed by atoms with Gasteiger partial charge in [0.2, 0.25) is 0 Å². The first kappa shape index (κ1) is 12.2. The maximum atomic E-state index is 11.5. The van der Waals surface area contributed by atoms with Gasteiger partial charge >= 0.3 is 6.18 Å². The van der Waals surface area contributed by atoms with E-state index in [1.807, 2.05) is 0 Å². The number of carbonyl (C=O) groups is 1. The zero-order chi connectivity index (χ0) is 10.5. The number of amides is 1. The lowest BCUT2D eigenvalue weighted by atomic mass is 10.2. The molecule has 3 N–H and O–H groups in total. The van der Waals surface area contributed by atoms with Crippen molar-refractivity contribution in [3.63, 3.8) is 0 Å². The number of nitrogens with two attached hydrogens (primary N) is 1. The van der Waals surface area contributed by atoms with Crippen molar-refractivity contribution >= 4 is 5.91 Å². The molecule has 0 unspecified atom stereocenters. The van der Waals surface area contributed by atoms with Crippen molar-refractivity contribution in [1.82, 2.24) is 5.48 Å². The Bertz CT molecular complexity index is 172. The van der Waals surface area contributed by atoms with Crippen LogP contribution in [-0.2, 0) is 9.63 Å². The van der Waals surface area contributed by atoms with Crippen LogP contribution in [0.5, 0.6) is 0 Å². The molecule has 0 saturated carbocycles. The molecule has 7 heteroatoms. The summed E-state index contributed by atoms with van der Waals surface area (Å²) in [5, 5.41) is 0. The van der Waals surface area contributed by atoms with Gasteiger partial charge < -0.3 is 5.73 Å². The van der Waals surface area contributed by atoms with E-state index in [0.717, 1.165) is 0 Å². The van der Waals surface area contributed by atoms with Crippen LogP contribution in [0.1, 0.15) is 13.3 Å². The quantitative estimate of drug-likeness (QED) is 0.643. The molecule has 0 aliphatic heterocycles. The van der Waals surface area contributed by atoms with E-state index in [1.165, 1.54) is 0 Å². The topological polar surface area (TPSA) is 64.4 Å². The van der Waals surface area contributed by atoms with Crippen LogP contribution in [0.15, 0.2) is 0 Å². The van der Waals surface area contributed by atoms with Gasteiger partial charge in [-0.2, -0.15) is 13.2 Å². The van der Waals surface area contributed by atoms with E-state index in [-0.39, 0.29) is 0 Å². The maximum absolute atomic E-state index is 11.5. The minimum atomic E-state index is -4.45. The molecule has 0 spiro atoms. The first-order chi connectivity index (χ1) is 5.87. The molecule has 0 heterocycles. The molecule has 0 aromatic rings. The summed E-state index contributed by atoms with van der Waals surface area (Å²) in [6.45, 7) is 0.114. The van der Waals surface area contributed by atoms with Gasteiger partial charge in [-0.05, 0) is 6.42 Å². The van der Waals surface area contributed by atoms with Crippen molar-refractivity contribution in [2.75, 3.05) is 6.61 Å². The molecule has 0 radical (unpaired) electrons. The van der Waals surface area contributed by atoms with Crippen LogP contribution in [0.25, 0.3) is 0 Å². The highest BCUT2D eigenvalue weighted by Gasteiger charge is 2.28. The third kappa shape index (κ3) is 6.35.